The molecule has 0 radical (unpaired) electrons. The van der Waals surface area contributed by atoms with E-state index in [2.05, 4.69) is 54.5 Å². The van der Waals surface area contributed by atoms with Crippen LogP contribution in [-0.2, 0) is 0 Å². The van der Waals surface area contributed by atoms with Gasteiger partial charge in [-0.2, -0.15) is 4.91 Å². The summed E-state index contributed by atoms with van der Waals surface area (Å²) in [5.74, 6) is 2.34. The van der Waals surface area contributed by atoms with Gasteiger partial charge in [-0.25, -0.2) is 0 Å². The molecule has 6 atom stereocenters. The smallest absolute Gasteiger partial charge is 0.110 e. The third kappa shape index (κ3) is 2.33. The second kappa shape index (κ2) is 5.89. The van der Waals surface area contributed by atoms with E-state index in [1.165, 1.54) is 44.1 Å². The van der Waals surface area contributed by atoms with Gasteiger partial charge in [-0.05, 0) is 103 Å². The Morgan fingerprint density at radius 2 is 1.90 bits per heavy atom. The number of aromatic nitrogens is 1. The Bertz CT molecular complexity index is 914. The summed E-state index contributed by atoms with van der Waals surface area (Å²) < 4.78 is 0. The van der Waals surface area contributed by atoms with Crippen LogP contribution in [0.25, 0.3) is 5.57 Å². The molecule has 1 aromatic heterocycles. The summed E-state index contributed by atoms with van der Waals surface area (Å²) in [4.78, 5) is 15.7. The Morgan fingerprint density at radius 3 is 2.62 bits per heavy atom. The van der Waals surface area contributed by atoms with E-state index in [1.807, 2.05) is 6.20 Å². The number of pyridine rings is 1. The van der Waals surface area contributed by atoms with Crippen LogP contribution >= 0.6 is 0 Å². The van der Waals surface area contributed by atoms with Crippen molar-refractivity contribution in [1.82, 2.24) is 4.98 Å². The molecule has 3 fully saturated rings. The van der Waals surface area contributed by atoms with Crippen molar-refractivity contribution in [2.24, 2.45) is 39.2 Å². The first-order chi connectivity index (χ1) is 14.0. The predicted molar refractivity (Wildman–Crippen MR) is 116 cm³/mol. The summed E-state index contributed by atoms with van der Waals surface area (Å²) in [5, 5.41) is 3.43. The topological polar surface area (TPSA) is 42.3 Å². The maximum Gasteiger partial charge on any atom is 0.110 e. The van der Waals surface area contributed by atoms with Gasteiger partial charge in [-0.3, -0.25) is 4.98 Å². The zero-order valence-corrected chi connectivity index (χ0v) is 17.7. The van der Waals surface area contributed by atoms with Gasteiger partial charge in [0.25, 0.3) is 0 Å². The third-order valence-corrected chi connectivity index (χ3v) is 9.93. The molecule has 0 saturated heterocycles. The molecule has 1 unspecified atom stereocenters. The highest BCUT2D eigenvalue weighted by Crippen LogP contribution is 2.75. The predicted octanol–water partition coefficient (Wildman–Crippen LogP) is 6.56. The van der Waals surface area contributed by atoms with Crippen molar-refractivity contribution in [3.05, 3.63) is 52.7 Å². The molecule has 3 nitrogen and oxygen atoms in total. The SMILES string of the molecule is C[C@]12CCC(N=O)C=C1C1(CC1)C[C@@H]1[C@@H]2CC[C@]2(C)C(c3cccnc3)=CC[C@@H]12. The van der Waals surface area contributed by atoms with Gasteiger partial charge in [-0.1, -0.05) is 42.8 Å². The Labute approximate surface area is 174 Å². The largest absolute Gasteiger partial charge is 0.264 e. The second-order valence-electron chi connectivity index (χ2n) is 11.1. The molecule has 29 heavy (non-hydrogen) atoms. The van der Waals surface area contributed by atoms with Crippen LogP contribution in [0.2, 0.25) is 0 Å². The molecule has 0 aliphatic heterocycles. The van der Waals surface area contributed by atoms with Crippen LogP contribution in [-0.4, -0.2) is 11.0 Å². The monoisotopic (exact) mass is 388 g/mol. The summed E-state index contributed by atoms with van der Waals surface area (Å²) in [7, 11) is 0. The average molecular weight is 389 g/mol. The lowest BCUT2D eigenvalue weighted by molar-refractivity contribution is -0.0426. The Morgan fingerprint density at radius 1 is 1.07 bits per heavy atom. The second-order valence-corrected chi connectivity index (χ2v) is 11.1. The number of hydrogen-bond donors (Lipinski definition) is 0. The fourth-order valence-electron chi connectivity index (χ4n) is 8.39. The minimum absolute atomic E-state index is 0.0775. The van der Waals surface area contributed by atoms with Crippen molar-refractivity contribution in [3.8, 4) is 0 Å². The number of nitroso groups, excluding NO2 is 1. The summed E-state index contributed by atoms with van der Waals surface area (Å²) in [5.41, 5.74) is 5.51. The van der Waals surface area contributed by atoms with E-state index in [-0.39, 0.29) is 6.04 Å². The lowest BCUT2D eigenvalue weighted by Crippen LogP contribution is -2.52. The van der Waals surface area contributed by atoms with E-state index in [1.54, 1.807) is 11.1 Å². The molecule has 1 heterocycles. The lowest BCUT2D eigenvalue weighted by Gasteiger charge is -2.60. The summed E-state index contributed by atoms with van der Waals surface area (Å²) in [6, 6.07) is 4.25. The average Bonchev–Trinajstić information content (AvgIpc) is 3.41. The van der Waals surface area contributed by atoms with E-state index in [0.29, 0.717) is 16.2 Å². The van der Waals surface area contributed by atoms with Gasteiger partial charge >= 0.3 is 0 Å². The molecule has 0 N–H and O–H groups in total. The molecule has 1 aromatic rings. The zero-order chi connectivity index (χ0) is 19.9. The minimum atomic E-state index is -0.0775. The molecule has 0 amide bonds. The Kier molecular flexibility index (Phi) is 3.66. The fraction of sp³-hybridized carbons (Fsp3) is 0.654. The van der Waals surface area contributed by atoms with Crippen LogP contribution in [0.5, 0.6) is 0 Å². The first-order valence-corrected chi connectivity index (χ1v) is 11.7. The molecule has 1 spiro atoms. The molecule has 152 valence electrons. The molecule has 0 bridgehead atoms. The van der Waals surface area contributed by atoms with Crippen LogP contribution in [0.3, 0.4) is 0 Å². The van der Waals surface area contributed by atoms with Crippen LogP contribution in [0, 0.1) is 38.9 Å². The standard InChI is InChI=1S/C26H32N2O/c1-24-10-8-22-19(21(24)6-5-20(24)17-4-3-13-27-16-17)15-26(11-12-26)23-14-18(28-29)7-9-25(22,23)2/h3-5,13-14,16,18-19,21-22H,6-12,15H2,1-2H3/t18?,19-,21-,22-,24+,25+/m0/s1. The highest BCUT2D eigenvalue weighted by atomic mass is 16.3. The number of hydrogen-bond acceptors (Lipinski definition) is 3. The number of rotatable bonds is 2. The van der Waals surface area contributed by atoms with Gasteiger partial charge in [0.1, 0.15) is 6.04 Å². The highest BCUT2D eigenvalue weighted by molar-refractivity contribution is 5.72. The Hall–Kier alpha value is -1.77. The van der Waals surface area contributed by atoms with Crippen LogP contribution in [0.15, 0.2) is 47.4 Å². The van der Waals surface area contributed by atoms with Crippen molar-refractivity contribution in [2.45, 2.75) is 71.3 Å². The van der Waals surface area contributed by atoms with E-state index in [4.69, 9.17) is 0 Å². The molecule has 6 rings (SSSR count). The maximum absolute atomic E-state index is 11.3. The van der Waals surface area contributed by atoms with E-state index in [9.17, 15) is 4.91 Å². The summed E-state index contributed by atoms with van der Waals surface area (Å²) in [6.07, 6.45) is 18.7. The van der Waals surface area contributed by atoms with Gasteiger partial charge in [-0.15, -0.1) is 0 Å². The van der Waals surface area contributed by atoms with Crippen molar-refractivity contribution in [1.29, 1.82) is 0 Å². The normalized spacial score (nSPS) is 44.2. The first-order valence-electron chi connectivity index (χ1n) is 11.7. The van der Waals surface area contributed by atoms with Gasteiger partial charge in [0.15, 0.2) is 0 Å². The van der Waals surface area contributed by atoms with E-state index < -0.39 is 0 Å². The number of allylic oxidation sites excluding steroid dienone is 3. The molecular formula is C26H32N2O. The van der Waals surface area contributed by atoms with Gasteiger partial charge in [0.2, 0.25) is 0 Å². The molecule has 0 aromatic carbocycles. The number of fused-ring (bicyclic) bond motifs is 6. The van der Waals surface area contributed by atoms with Gasteiger partial charge in [0, 0.05) is 12.4 Å². The summed E-state index contributed by atoms with van der Waals surface area (Å²) >= 11 is 0. The van der Waals surface area contributed by atoms with Crippen LogP contribution in [0.1, 0.15) is 70.8 Å². The van der Waals surface area contributed by atoms with Crippen molar-refractivity contribution >= 4 is 5.57 Å². The van der Waals surface area contributed by atoms with E-state index >= 15 is 0 Å². The van der Waals surface area contributed by atoms with Gasteiger partial charge < -0.3 is 0 Å². The first kappa shape index (κ1) is 18.0. The van der Waals surface area contributed by atoms with Crippen LogP contribution in [0.4, 0.5) is 0 Å². The summed E-state index contributed by atoms with van der Waals surface area (Å²) in [6.45, 7) is 5.09. The lowest BCUT2D eigenvalue weighted by atomic mass is 9.44. The minimum Gasteiger partial charge on any atom is -0.264 e. The van der Waals surface area contributed by atoms with Crippen LogP contribution < -0.4 is 0 Å². The molecule has 5 aliphatic carbocycles. The van der Waals surface area contributed by atoms with Crippen molar-refractivity contribution in [2.75, 3.05) is 0 Å². The molecule has 3 saturated carbocycles. The quantitative estimate of drug-likeness (QED) is 0.425. The molecule has 5 aliphatic rings. The van der Waals surface area contributed by atoms with Crippen molar-refractivity contribution in [3.63, 3.8) is 0 Å². The fourth-order valence-corrected chi connectivity index (χ4v) is 8.39. The number of nitrogens with zero attached hydrogens (tertiary/aromatic N) is 2. The van der Waals surface area contributed by atoms with Gasteiger partial charge in [0.05, 0.1) is 0 Å². The third-order valence-electron chi connectivity index (χ3n) is 9.93. The maximum atomic E-state index is 11.3. The molecular weight excluding hydrogens is 356 g/mol. The highest BCUT2D eigenvalue weighted by Gasteiger charge is 2.65. The Balaban J connectivity index is 1.38. The van der Waals surface area contributed by atoms with Crippen molar-refractivity contribution < 1.29 is 0 Å². The van der Waals surface area contributed by atoms with E-state index in [0.717, 1.165) is 30.6 Å². The molecule has 3 heteroatoms. The zero-order valence-electron chi connectivity index (χ0n) is 17.7.